The van der Waals surface area contributed by atoms with Gasteiger partial charge in [0.15, 0.2) is 0 Å². The lowest BCUT2D eigenvalue weighted by Gasteiger charge is -2.01. The molecule has 0 aromatic heterocycles. The van der Waals surface area contributed by atoms with Gasteiger partial charge in [-0.05, 0) is 31.1 Å². The maximum Gasteiger partial charge on any atom is 0.330 e. The first-order valence-electron chi connectivity index (χ1n) is 5.49. The summed E-state index contributed by atoms with van der Waals surface area (Å²) in [4.78, 5) is 11.3. The number of hydrogen-bond acceptors (Lipinski definition) is 2. The van der Waals surface area contributed by atoms with E-state index < -0.39 is 0 Å². The van der Waals surface area contributed by atoms with Crippen LogP contribution in [0.3, 0.4) is 0 Å². The number of terminal acetylenes is 1. The highest BCUT2D eigenvalue weighted by Crippen LogP contribution is 2.12. The maximum absolute atomic E-state index is 11.3. The van der Waals surface area contributed by atoms with Crippen LogP contribution in [0.15, 0.2) is 24.3 Å². The first kappa shape index (κ1) is 13.1. The Balaban J connectivity index is 2.58. The summed E-state index contributed by atoms with van der Waals surface area (Å²) in [6, 6.07) is 6.07. The zero-order chi connectivity index (χ0) is 12.7. The van der Waals surface area contributed by atoms with Crippen molar-refractivity contribution < 1.29 is 9.53 Å². The Bertz CT molecular complexity index is 464. The standard InChI is InChI=1S/C15H16O2/c1-4-5-10-17-15(16)9-8-14-7-6-12(2)11-13(14)3/h1,6-9,11H,5,10H2,2-3H3/b9-8+. The van der Waals surface area contributed by atoms with Crippen LogP contribution in [0.5, 0.6) is 0 Å². The average molecular weight is 228 g/mol. The molecule has 0 saturated carbocycles. The molecule has 0 bridgehead atoms. The third-order valence-electron chi connectivity index (χ3n) is 2.31. The van der Waals surface area contributed by atoms with Crippen molar-refractivity contribution in [2.75, 3.05) is 6.61 Å². The van der Waals surface area contributed by atoms with E-state index in [1.54, 1.807) is 6.08 Å². The van der Waals surface area contributed by atoms with Gasteiger partial charge in [-0.15, -0.1) is 12.3 Å². The van der Waals surface area contributed by atoms with Gasteiger partial charge >= 0.3 is 5.97 Å². The largest absolute Gasteiger partial charge is 0.462 e. The summed E-state index contributed by atoms with van der Waals surface area (Å²) in [6.07, 6.45) is 8.68. The summed E-state index contributed by atoms with van der Waals surface area (Å²) < 4.78 is 4.90. The maximum atomic E-state index is 11.3. The molecule has 2 heteroatoms. The Morgan fingerprint density at radius 1 is 1.47 bits per heavy atom. The Hall–Kier alpha value is -2.01. The highest BCUT2D eigenvalue weighted by atomic mass is 16.5. The quantitative estimate of drug-likeness (QED) is 0.343. The zero-order valence-electron chi connectivity index (χ0n) is 10.2. The summed E-state index contributed by atoms with van der Waals surface area (Å²) in [5.74, 6) is 2.05. The number of carbonyl (C=O) groups excluding carboxylic acids is 1. The van der Waals surface area contributed by atoms with Crippen molar-refractivity contribution in [3.63, 3.8) is 0 Å². The van der Waals surface area contributed by atoms with E-state index in [0.717, 1.165) is 11.1 Å². The van der Waals surface area contributed by atoms with E-state index in [1.807, 2.05) is 26.0 Å². The molecule has 17 heavy (non-hydrogen) atoms. The second kappa shape index (κ2) is 6.55. The number of rotatable bonds is 4. The van der Waals surface area contributed by atoms with Gasteiger partial charge in [-0.25, -0.2) is 4.79 Å². The van der Waals surface area contributed by atoms with Gasteiger partial charge in [-0.3, -0.25) is 0 Å². The first-order valence-corrected chi connectivity index (χ1v) is 5.49. The van der Waals surface area contributed by atoms with Crippen molar-refractivity contribution in [3.8, 4) is 12.3 Å². The van der Waals surface area contributed by atoms with Crippen LogP contribution in [-0.4, -0.2) is 12.6 Å². The fourth-order valence-electron chi connectivity index (χ4n) is 1.43. The number of benzene rings is 1. The number of carbonyl (C=O) groups is 1. The van der Waals surface area contributed by atoms with Crippen LogP contribution in [0.1, 0.15) is 23.1 Å². The molecule has 0 unspecified atom stereocenters. The normalized spacial score (nSPS) is 10.2. The van der Waals surface area contributed by atoms with Gasteiger partial charge in [0, 0.05) is 12.5 Å². The summed E-state index contributed by atoms with van der Waals surface area (Å²) in [5.41, 5.74) is 3.36. The second-order valence-electron chi connectivity index (χ2n) is 3.81. The SMILES string of the molecule is C#CCCOC(=O)/C=C/c1ccc(C)cc1C. The Kier molecular flexibility index (Phi) is 5.03. The molecule has 1 aromatic carbocycles. The minimum atomic E-state index is -0.361. The second-order valence-corrected chi connectivity index (χ2v) is 3.81. The lowest BCUT2D eigenvalue weighted by Crippen LogP contribution is -2.01. The van der Waals surface area contributed by atoms with E-state index in [1.165, 1.54) is 11.6 Å². The molecule has 0 atom stereocenters. The van der Waals surface area contributed by atoms with Crippen LogP contribution in [-0.2, 0) is 9.53 Å². The average Bonchev–Trinajstić information content (AvgIpc) is 2.28. The van der Waals surface area contributed by atoms with Gasteiger partial charge in [0.2, 0.25) is 0 Å². The van der Waals surface area contributed by atoms with Crippen LogP contribution >= 0.6 is 0 Å². The van der Waals surface area contributed by atoms with E-state index in [2.05, 4.69) is 12.0 Å². The molecule has 0 aliphatic carbocycles. The van der Waals surface area contributed by atoms with Crippen molar-refractivity contribution >= 4 is 12.0 Å². The zero-order valence-corrected chi connectivity index (χ0v) is 10.2. The summed E-state index contributed by atoms with van der Waals surface area (Å²) in [7, 11) is 0. The highest BCUT2D eigenvalue weighted by Gasteiger charge is 1.98. The summed E-state index contributed by atoms with van der Waals surface area (Å²) >= 11 is 0. The lowest BCUT2D eigenvalue weighted by molar-refractivity contribution is -0.137. The number of aryl methyl sites for hydroxylation is 2. The Morgan fingerprint density at radius 3 is 2.88 bits per heavy atom. The third kappa shape index (κ3) is 4.56. The van der Waals surface area contributed by atoms with E-state index in [-0.39, 0.29) is 12.6 Å². The fraction of sp³-hybridized carbons (Fsp3) is 0.267. The smallest absolute Gasteiger partial charge is 0.330 e. The van der Waals surface area contributed by atoms with E-state index >= 15 is 0 Å². The summed E-state index contributed by atoms with van der Waals surface area (Å²) in [5, 5.41) is 0. The van der Waals surface area contributed by atoms with Gasteiger partial charge in [0.05, 0.1) is 0 Å². The Labute approximate surface area is 102 Å². The molecule has 0 fully saturated rings. The molecule has 88 valence electrons. The summed E-state index contributed by atoms with van der Waals surface area (Å²) in [6.45, 7) is 4.32. The van der Waals surface area contributed by atoms with Gasteiger partial charge in [0.1, 0.15) is 6.61 Å². The van der Waals surface area contributed by atoms with Crippen LogP contribution in [0.2, 0.25) is 0 Å². The van der Waals surface area contributed by atoms with E-state index in [4.69, 9.17) is 11.2 Å². The monoisotopic (exact) mass is 228 g/mol. The predicted octanol–water partition coefficient (Wildman–Crippen LogP) is 2.88. The van der Waals surface area contributed by atoms with Crippen molar-refractivity contribution in [1.29, 1.82) is 0 Å². The van der Waals surface area contributed by atoms with Gasteiger partial charge < -0.3 is 4.74 Å². The molecule has 1 rings (SSSR count). The van der Waals surface area contributed by atoms with Gasteiger partial charge in [-0.1, -0.05) is 23.8 Å². The minimum absolute atomic E-state index is 0.270. The van der Waals surface area contributed by atoms with Crippen LogP contribution in [0.25, 0.3) is 6.08 Å². The highest BCUT2D eigenvalue weighted by molar-refractivity contribution is 5.87. The molecule has 2 nitrogen and oxygen atoms in total. The molecule has 0 heterocycles. The minimum Gasteiger partial charge on any atom is -0.462 e. The van der Waals surface area contributed by atoms with Crippen molar-refractivity contribution in [1.82, 2.24) is 0 Å². The molecule has 1 aromatic rings. The molecule has 0 N–H and O–H groups in total. The van der Waals surface area contributed by atoms with Gasteiger partial charge in [-0.2, -0.15) is 0 Å². The van der Waals surface area contributed by atoms with E-state index in [9.17, 15) is 4.79 Å². The van der Waals surface area contributed by atoms with Gasteiger partial charge in [0.25, 0.3) is 0 Å². The molecular weight excluding hydrogens is 212 g/mol. The molecule has 0 aliphatic heterocycles. The van der Waals surface area contributed by atoms with Crippen LogP contribution in [0, 0.1) is 26.2 Å². The van der Waals surface area contributed by atoms with Crippen LogP contribution in [0.4, 0.5) is 0 Å². The molecule has 0 spiro atoms. The van der Waals surface area contributed by atoms with Crippen LogP contribution < -0.4 is 0 Å². The van der Waals surface area contributed by atoms with E-state index in [0.29, 0.717) is 6.42 Å². The Morgan fingerprint density at radius 2 is 2.24 bits per heavy atom. The molecule has 0 saturated heterocycles. The molecule has 0 radical (unpaired) electrons. The number of esters is 1. The first-order chi connectivity index (χ1) is 8.13. The van der Waals surface area contributed by atoms with Crippen molar-refractivity contribution in [2.45, 2.75) is 20.3 Å². The molecule has 0 amide bonds. The van der Waals surface area contributed by atoms with Crippen molar-refractivity contribution in [2.24, 2.45) is 0 Å². The number of hydrogen-bond donors (Lipinski definition) is 0. The van der Waals surface area contributed by atoms with Crippen molar-refractivity contribution in [3.05, 3.63) is 41.0 Å². The molecular formula is C15H16O2. The lowest BCUT2D eigenvalue weighted by atomic mass is 10.1. The number of ether oxygens (including phenoxy) is 1. The fourth-order valence-corrected chi connectivity index (χ4v) is 1.43. The predicted molar refractivity (Wildman–Crippen MR) is 69.4 cm³/mol. The topological polar surface area (TPSA) is 26.3 Å². The third-order valence-corrected chi connectivity index (χ3v) is 2.31. The molecule has 0 aliphatic rings.